The predicted octanol–water partition coefficient (Wildman–Crippen LogP) is 7.30. The fourth-order valence-corrected chi connectivity index (χ4v) is 3.23. The third-order valence-corrected chi connectivity index (χ3v) is 4.93. The van der Waals surface area contributed by atoms with Crippen LogP contribution in [0.15, 0.2) is 18.2 Å². The normalized spacial score (nSPS) is 11.4. The number of phenolic OH excluding ortho intramolecular Hbond substituents is 3. The molecule has 0 heterocycles. The largest absolute Gasteiger partial charge is 0.507 e. The Kier molecular flexibility index (Phi) is 12.5. The number of unbranched alkanes of at least 4 members (excludes halogenated alkanes) is 13. The van der Waals surface area contributed by atoms with Crippen molar-refractivity contribution >= 4 is 6.08 Å². The standard InChI is InChI=1S/C23H38O3/c1-2-3-4-5-6-7-8-9-10-11-12-13-14-15-16-17-20-21(24)18-19-22(25)23(20)26/h16-19,24-26H,2-15H2,1H3. The molecule has 0 amide bonds. The Hall–Kier alpha value is -1.64. The van der Waals surface area contributed by atoms with Crippen molar-refractivity contribution in [3.8, 4) is 17.2 Å². The van der Waals surface area contributed by atoms with Crippen molar-refractivity contribution in [3.63, 3.8) is 0 Å². The Balaban J connectivity index is 1.96. The monoisotopic (exact) mass is 362 g/mol. The van der Waals surface area contributed by atoms with Gasteiger partial charge in [-0.2, -0.15) is 0 Å². The number of hydrogen-bond donors (Lipinski definition) is 3. The number of allylic oxidation sites excluding steroid dienone is 1. The number of aromatic hydroxyl groups is 3. The number of phenols is 3. The van der Waals surface area contributed by atoms with Gasteiger partial charge in [-0.05, 0) is 25.0 Å². The number of benzene rings is 1. The quantitative estimate of drug-likeness (QED) is 0.174. The molecular weight excluding hydrogens is 324 g/mol. The van der Waals surface area contributed by atoms with Gasteiger partial charge in [-0.25, -0.2) is 0 Å². The molecule has 1 aromatic rings. The molecule has 0 aromatic heterocycles. The summed E-state index contributed by atoms with van der Waals surface area (Å²) in [6.45, 7) is 2.26. The summed E-state index contributed by atoms with van der Waals surface area (Å²) in [5.41, 5.74) is 0.291. The highest BCUT2D eigenvalue weighted by Crippen LogP contribution is 2.35. The molecule has 26 heavy (non-hydrogen) atoms. The Morgan fingerprint density at radius 2 is 1.12 bits per heavy atom. The predicted molar refractivity (Wildman–Crippen MR) is 111 cm³/mol. The van der Waals surface area contributed by atoms with Crippen LogP contribution in [0, 0.1) is 0 Å². The first kappa shape index (κ1) is 22.4. The van der Waals surface area contributed by atoms with Crippen LogP contribution in [0.1, 0.15) is 102 Å². The van der Waals surface area contributed by atoms with E-state index in [0.29, 0.717) is 5.56 Å². The summed E-state index contributed by atoms with van der Waals surface area (Å²) in [5, 5.41) is 28.9. The van der Waals surface area contributed by atoms with Crippen molar-refractivity contribution in [1.82, 2.24) is 0 Å². The van der Waals surface area contributed by atoms with Gasteiger partial charge >= 0.3 is 0 Å². The molecular formula is C23H38O3. The highest BCUT2D eigenvalue weighted by molar-refractivity contribution is 5.67. The second-order valence-electron chi connectivity index (χ2n) is 7.30. The summed E-state index contributed by atoms with van der Waals surface area (Å²) in [6, 6.07) is 2.68. The van der Waals surface area contributed by atoms with E-state index in [1.165, 1.54) is 89.2 Å². The van der Waals surface area contributed by atoms with Gasteiger partial charge < -0.3 is 15.3 Å². The number of hydrogen-bond acceptors (Lipinski definition) is 3. The lowest BCUT2D eigenvalue weighted by atomic mass is 10.0. The number of rotatable bonds is 15. The van der Waals surface area contributed by atoms with Crippen LogP contribution in [-0.4, -0.2) is 15.3 Å². The van der Waals surface area contributed by atoms with Crippen LogP contribution in [0.25, 0.3) is 6.08 Å². The van der Waals surface area contributed by atoms with Crippen molar-refractivity contribution < 1.29 is 15.3 Å². The van der Waals surface area contributed by atoms with E-state index in [-0.39, 0.29) is 17.2 Å². The first-order valence-electron chi connectivity index (χ1n) is 10.6. The van der Waals surface area contributed by atoms with Gasteiger partial charge in [-0.15, -0.1) is 0 Å². The molecule has 1 rings (SSSR count). The van der Waals surface area contributed by atoms with Crippen LogP contribution < -0.4 is 0 Å². The Morgan fingerprint density at radius 1 is 0.654 bits per heavy atom. The van der Waals surface area contributed by atoms with Gasteiger partial charge in [-0.1, -0.05) is 96.1 Å². The fourth-order valence-electron chi connectivity index (χ4n) is 3.23. The summed E-state index contributed by atoms with van der Waals surface area (Å²) in [7, 11) is 0. The van der Waals surface area contributed by atoms with E-state index in [2.05, 4.69) is 6.92 Å². The topological polar surface area (TPSA) is 60.7 Å². The molecule has 0 bridgehead atoms. The van der Waals surface area contributed by atoms with Crippen LogP contribution in [0.5, 0.6) is 17.2 Å². The minimum atomic E-state index is -0.258. The van der Waals surface area contributed by atoms with Crippen LogP contribution >= 0.6 is 0 Å². The molecule has 0 unspecified atom stereocenters. The van der Waals surface area contributed by atoms with Gasteiger partial charge in [0.1, 0.15) is 5.75 Å². The molecule has 3 heteroatoms. The lowest BCUT2D eigenvalue weighted by Crippen LogP contribution is -1.83. The zero-order chi connectivity index (χ0) is 19.0. The van der Waals surface area contributed by atoms with E-state index in [4.69, 9.17) is 0 Å². The first-order chi connectivity index (χ1) is 12.7. The van der Waals surface area contributed by atoms with Gasteiger partial charge in [0.2, 0.25) is 0 Å². The van der Waals surface area contributed by atoms with Crippen LogP contribution in [0.3, 0.4) is 0 Å². The summed E-state index contributed by atoms with van der Waals surface area (Å²) in [6.07, 6.45) is 22.0. The molecule has 0 aliphatic heterocycles. The Bertz CT molecular complexity index is 508. The molecule has 0 aliphatic carbocycles. The molecule has 0 radical (unpaired) electrons. The molecule has 3 nitrogen and oxygen atoms in total. The highest BCUT2D eigenvalue weighted by atomic mass is 16.3. The van der Waals surface area contributed by atoms with E-state index < -0.39 is 0 Å². The fraction of sp³-hybridized carbons (Fsp3) is 0.652. The molecule has 0 fully saturated rings. The molecule has 0 aliphatic rings. The van der Waals surface area contributed by atoms with E-state index in [1.54, 1.807) is 6.08 Å². The van der Waals surface area contributed by atoms with Gasteiger partial charge in [0, 0.05) is 0 Å². The maximum atomic E-state index is 9.73. The summed E-state index contributed by atoms with van der Waals surface area (Å²) in [4.78, 5) is 0. The van der Waals surface area contributed by atoms with Gasteiger partial charge in [0.25, 0.3) is 0 Å². The smallest absolute Gasteiger partial charge is 0.168 e. The van der Waals surface area contributed by atoms with Crippen LogP contribution in [0.4, 0.5) is 0 Å². The lowest BCUT2D eigenvalue weighted by Gasteiger charge is -2.04. The van der Waals surface area contributed by atoms with E-state index in [9.17, 15) is 15.3 Å². The molecule has 3 N–H and O–H groups in total. The van der Waals surface area contributed by atoms with Crippen molar-refractivity contribution in [2.24, 2.45) is 0 Å². The summed E-state index contributed by atoms with van der Waals surface area (Å²) < 4.78 is 0. The molecule has 0 spiro atoms. The summed E-state index contributed by atoms with van der Waals surface area (Å²) >= 11 is 0. The van der Waals surface area contributed by atoms with Crippen molar-refractivity contribution in [2.75, 3.05) is 0 Å². The zero-order valence-corrected chi connectivity index (χ0v) is 16.6. The van der Waals surface area contributed by atoms with Crippen molar-refractivity contribution in [1.29, 1.82) is 0 Å². The minimum absolute atomic E-state index is 0.0121. The van der Waals surface area contributed by atoms with E-state index in [0.717, 1.165) is 12.8 Å². The average Bonchev–Trinajstić information content (AvgIpc) is 2.64. The van der Waals surface area contributed by atoms with Crippen LogP contribution in [0.2, 0.25) is 0 Å². The molecule has 0 saturated heterocycles. The van der Waals surface area contributed by atoms with E-state index in [1.807, 2.05) is 6.08 Å². The third-order valence-electron chi connectivity index (χ3n) is 4.93. The van der Waals surface area contributed by atoms with Crippen molar-refractivity contribution in [2.45, 2.75) is 96.8 Å². The SMILES string of the molecule is CCCCCCCCCCCCCCCC=Cc1c(O)ccc(O)c1O. The van der Waals surface area contributed by atoms with Crippen molar-refractivity contribution in [3.05, 3.63) is 23.8 Å². The highest BCUT2D eigenvalue weighted by Gasteiger charge is 2.08. The van der Waals surface area contributed by atoms with E-state index >= 15 is 0 Å². The first-order valence-corrected chi connectivity index (χ1v) is 10.6. The van der Waals surface area contributed by atoms with Gasteiger partial charge in [-0.3, -0.25) is 0 Å². The maximum Gasteiger partial charge on any atom is 0.168 e. The molecule has 0 saturated carbocycles. The maximum absolute atomic E-state index is 9.73. The molecule has 0 atom stereocenters. The Labute approximate surface area is 159 Å². The second kappa shape index (κ2) is 14.5. The van der Waals surface area contributed by atoms with Gasteiger partial charge in [0.05, 0.1) is 5.56 Å². The molecule has 1 aromatic carbocycles. The minimum Gasteiger partial charge on any atom is -0.507 e. The average molecular weight is 363 g/mol. The second-order valence-corrected chi connectivity index (χ2v) is 7.30. The van der Waals surface area contributed by atoms with Gasteiger partial charge in [0.15, 0.2) is 11.5 Å². The zero-order valence-electron chi connectivity index (χ0n) is 16.6. The summed E-state index contributed by atoms with van der Waals surface area (Å²) in [5.74, 6) is -0.475. The lowest BCUT2D eigenvalue weighted by molar-refractivity contribution is 0.395. The third kappa shape index (κ3) is 9.74. The molecule has 148 valence electrons. The Morgan fingerprint density at radius 3 is 1.65 bits per heavy atom. The van der Waals surface area contributed by atoms with Crippen LogP contribution in [-0.2, 0) is 0 Å².